The van der Waals surface area contributed by atoms with Crippen LogP contribution in [0.25, 0.3) is 0 Å². The number of nitrogens with one attached hydrogen (secondary N) is 1. The number of carbonyl (C=O) groups is 2. The number of hydrogen-bond acceptors (Lipinski definition) is 4. The highest BCUT2D eigenvalue weighted by atomic mass is 35.5. The van der Waals surface area contributed by atoms with Crippen molar-refractivity contribution in [3.8, 4) is 0 Å². The number of carbonyl (C=O) groups excluding carboxylic acids is 2. The number of nitrogens with zero attached hydrogens (tertiary/aromatic N) is 2. The zero-order valence-corrected chi connectivity index (χ0v) is 16.2. The summed E-state index contributed by atoms with van der Waals surface area (Å²) >= 11 is 0. The second-order valence-electron chi connectivity index (χ2n) is 5.99. The predicted octanol–water partition coefficient (Wildman–Crippen LogP) is 0.872. The molecule has 0 bridgehead atoms. The highest BCUT2D eigenvalue weighted by Crippen LogP contribution is 2.15. The van der Waals surface area contributed by atoms with Gasteiger partial charge in [-0.15, -0.1) is 24.8 Å². The normalized spacial score (nSPS) is 18.4. The predicted molar refractivity (Wildman–Crippen MR) is 98.2 cm³/mol. The average molecular weight is 371 g/mol. The first-order valence-electron chi connectivity index (χ1n) is 7.95. The van der Waals surface area contributed by atoms with E-state index in [0.717, 1.165) is 32.6 Å². The molecule has 1 heterocycles. The third-order valence-electron chi connectivity index (χ3n) is 4.28. The van der Waals surface area contributed by atoms with Crippen molar-refractivity contribution in [3.05, 3.63) is 0 Å². The Morgan fingerprint density at radius 1 is 1.26 bits per heavy atom. The number of halogens is 2. The minimum Gasteiger partial charge on any atom is -0.346 e. The maximum absolute atomic E-state index is 12.1. The molecule has 1 aliphatic heterocycles. The van der Waals surface area contributed by atoms with Crippen molar-refractivity contribution in [1.29, 1.82) is 0 Å². The van der Waals surface area contributed by atoms with Crippen molar-refractivity contribution in [1.82, 2.24) is 15.1 Å². The molecule has 3 N–H and O–H groups in total. The van der Waals surface area contributed by atoms with Crippen LogP contribution < -0.4 is 11.1 Å². The van der Waals surface area contributed by atoms with Crippen LogP contribution in [0.4, 0.5) is 0 Å². The van der Waals surface area contributed by atoms with Crippen molar-refractivity contribution in [2.75, 3.05) is 32.7 Å². The van der Waals surface area contributed by atoms with Gasteiger partial charge in [0.1, 0.15) is 0 Å². The van der Waals surface area contributed by atoms with E-state index in [1.807, 2.05) is 18.7 Å². The van der Waals surface area contributed by atoms with E-state index in [1.54, 1.807) is 0 Å². The van der Waals surface area contributed by atoms with Crippen molar-refractivity contribution in [2.45, 2.75) is 46.2 Å². The largest absolute Gasteiger partial charge is 0.346 e. The lowest BCUT2D eigenvalue weighted by Gasteiger charge is -2.26. The number of amides is 2. The molecule has 1 saturated heterocycles. The van der Waals surface area contributed by atoms with E-state index in [0.29, 0.717) is 6.04 Å². The molecule has 6 nitrogen and oxygen atoms in total. The summed E-state index contributed by atoms with van der Waals surface area (Å²) in [4.78, 5) is 28.1. The van der Waals surface area contributed by atoms with Gasteiger partial charge in [-0.25, -0.2) is 0 Å². The summed E-state index contributed by atoms with van der Waals surface area (Å²) < 4.78 is 0. The van der Waals surface area contributed by atoms with Crippen molar-refractivity contribution < 1.29 is 9.59 Å². The van der Waals surface area contributed by atoms with Crippen LogP contribution in [0, 0.1) is 5.92 Å². The van der Waals surface area contributed by atoms with E-state index >= 15 is 0 Å². The maximum Gasteiger partial charge on any atom is 0.242 e. The number of hydrogen-bond donors (Lipinski definition) is 2. The lowest BCUT2D eigenvalue weighted by Crippen LogP contribution is -2.48. The van der Waals surface area contributed by atoms with Crippen molar-refractivity contribution in [3.63, 3.8) is 0 Å². The molecule has 138 valence electrons. The molecule has 1 fully saturated rings. The first-order chi connectivity index (χ1) is 9.90. The Hall–Kier alpha value is -0.560. The van der Waals surface area contributed by atoms with E-state index in [9.17, 15) is 9.59 Å². The molecule has 0 aromatic heterocycles. The zero-order valence-electron chi connectivity index (χ0n) is 14.6. The van der Waals surface area contributed by atoms with E-state index in [1.165, 1.54) is 0 Å². The summed E-state index contributed by atoms with van der Waals surface area (Å²) in [5.41, 5.74) is 5.75. The summed E-state index contributed by atoms with van der Waals surface area (Å²) in [7, 11) is 0. The second kappa shape index (κ2) is 11.9. The molecule has 0 aromatic carbocycles. The van der Waals surface area contributed by atoms with E-state index in [-0.39, 0.29) is 49.1 Å². The Labute approximate surface area is 152 Å². The topological polar surface area (TPSA) is 78.7 Å². The fraction of sp³-hybridized carbons (Fsp3) is 0.867. The SMILES string of the molecule is CCN(CC)C1CCN(C(=O)CNC(=O)[C@@H](N)C(C)C)C1.Cl.Cl. The first kappa shape index (κ1) is 24.7. The molecule has 0 spiro atoms. The standard InChI is InChI=1S/C15H30N4O2.2ClH/c1-5-18(6-2)12-7-8-19(10-12)13(20)9-17-15(21)14(16)11(3)4;;/h11-12,14H,5-10,16H2,1-4H3,(H,17,21);2*1H/t12?,14-;;/m0../s1. The average Bonchev–Trinajstić information content (AvgIpc) is 2.94. The summed E-state index contributed by atoms with van der Waals surface area (Å²) in [5, 5.41) is 2.64. The lowest BCUT2D eigenvalue weighted by molar-refractivity contribution is -0.132. The van der Waals surface area contributed by atoms with Gasteiger partial charge in [0.15, 0.2) is 0 Å². The van der Waals surface area contributed by atoms with E-state index in [4.69, 9.17) is 5.73 Å². The quantitative estimate of drug-likeness (QED) is 0.696. The van der Waals surface area contributed by atoms with Crippen LogP contribution in [-0.4, -0.2) is 66.4 Å². The molecule has 23 heavy (non-hydrogen) atoms. The number of likely N-dealkylation sites (N-methyl/N-ethyl adjacent to an activating group) is 1. The third-order valence-corrected chi connectivity index (χ3v) is 4.28. The third kappa shape index (κ3) is 7.25. The van der Waals surface area contributed by atoms with Gasteiger partial charge >= 0.3 is 0 Å². The van der Waals surface area contributed by atoms with Gasteiger partial charge in [-0.1, -0.05) is 27.7 Å². The molecule has 2 amide bonds. The maximum atomic E-state index is 12.1. The lowest BCUT2D eigenvalue weighted by atomic mass is 10.1. The Morgan fingerprint density at radius 3 is 2.30 bits per heavy atom. The van der Waals surface area contributed by atoms with Crippen LogP contribution in [0.15, 0.2) is 0 Å². The minimum atomic E-state index is -0.556. The van der Waals surface area contributed by atoms with Gasteiger partial charge in [-0.05, 0) is 25.4 Å². The van der Waals surface area contributed by atoms with E-state index < -0.39 is 6.04 Å². The van der Waals surface area contributed by atoms with Crippen LogP contribution in [0.2, 0.25) is 0 Å². The summed E-state index contributed by atoms with van der Waals surface area (Å²) in [6, 6.07) is -0.114. The first-order valence-corrected chi connectivity index (χ1v) is 7.95. The van der Waals surface area contributed by atoms with Crippen molar-refractivity contribution >= 4 is 36.6 Å². The molecule has 8 heteroatoms. The molecule has 1 unspecified atom stereocenters. The van der Waals surface area contributed by atoms with Gasteiger partial charge < -0.3 is 16.0 Å². The van der Waals surface area contributed by atoms with Gasteiger partial charge in [0, 0.05) is 19.1 Å². The van der Waals surface area contributed by atoms with Crippen LogP contribution in [0.3, 0.4) is 0 Å². The summed E-state index contributed by atoms with van der Waals surface area (Å²) in [6.45, 7) is 11.6. The van der Waals surface area contributed by atoms with E-state index in [2.05, 4.69) is 24.1 Å². The minimum absolute atomic E-state index is 0. The highest BCUT2D eigenvalue weighted by Gasteiger charge is 2.29. The van der Waals surface area contributed by atoms with Gasteiger partial charge in [0.2, 0.25) is 11.8 Å². The molecular weight excluding hydrogens is 339 g/mol. The number of rotatable bonds is 7. The van der Waals surface area contributed by atoms with Gasteiger partial charge in [0.05, 0.1) is 12.6 Å². The smallest absolute Gasteiger partial charge is 0.242 e. The molecular formula is C15H32Cl2N4O2. The van der Waals surface area contributed by atoms with Crippen LogP contribution in [0.1, 0.15) is 34.1 Å². The monoisotopic (exact) mass is 370 g/mol. The molecule has 0 aromatic rings. The summed E-state index contributed by atoms with van der Waals surface area (Å²) in [5.74, 6) is -0.203. The second-order valence-corrected chi connectivity index (χ2v) is 5.99. The molecule has 0 aliphatic carbocycles. The Kier molecular flexibility index (Phi) is 12.8. The van der Waals surface area contributed by atoms with Crippen molar-refractivity contribution in [2.24, 2.45) is 11.7 Å². The number of nitrogens with two attached hydrogens (primary N) is 1. The van der Waals surface area contributed by atoms with Crippen LogP contribution in [0.5, 0.6) is 0 Å². The molecule has 0 saturated carbocycles. The Bertz CT molecular complexity index is 365. The Balaban J connectivity index is 0. The van der Waals surface area contributed by atoms with Gasteiger partial charge in [-0.2, -0.15) is 0 Å². The van der Waals surface area contributed by atoms with Gasteiger partial charge in [0.25, 0.3) is 0 Å². The van der Waals surface area contributed by atoms with Crippen LogP contribution >= 0.6 is 24.8 Å². The van der Waals surface area contributed by atoms with Crippen LogP contribution in [-0.2, 0) is 9.59 Å². The fourth-order valence-electron chi connectivity index (χ4n) is 2.70. The Morgan fingerprint density at radius 2 is 1.83 bits per heavy atom. The summed E-state index contributed by atoms with van der Waals surface area (Å²) in [6.07, 6.45) is 1.01. The van der Waals surface area contributed by atoms with Gasteiger partial charge in [-0.3, -0.25) is 14.5 Å². The molecule has 2 atom stereocenters. The fourth-order valence-corrected chi connectivity index (χ4v) is 2.70. The molecule has 1 rings (SSSR count). The molecule has 1 aliphatic rings. The zero-order chi connectivity index (χ0) is 16.0. The highest BCUT2D eigenvalue weighted by molar-refractivity contribution is 5.87. The number of likely N-dealkylation sites (tertiary alicyclic amines) is 1. The molecule has 0 radical (unpaired) electrons.